The molecule has 1 aliphatic rings. The Kier molecular flexibility index (Phi) is 6.26. The molecule has 5 rings (SSSR count). The molecule has 180 valence electrons. The summed E-state index contributed by atoms with van der Waals surface area (Å²) in [6, 6.07) is 24.8. The quantitative estimate of drug-likeness (QED) is 0.309. The molecule has 5 nitrogen and oxygen atoms in total. The van der Waals surface area contributed by atoms with Crippen molar-refractivity contribution < 1.29 is 13.2 Å². The van der Waals surface area contributed by atoms with Gasteiger partial charge in [-0.1, -0.05) is 73.7 Å². The van der Waals surface area contributed by atoms with Crippen molar-refractivity contribution in [2.45, 2.75) is 30.1 Å². The largest absolute Gasteiger partial charge is 0.492 e. The SMILES string of the molecule is C=C(CN(CCc1c[nH]c2ccccc12)S(=O)(=O)c1ccccc1)CC1(C)COc2ccccc21. The van der Waals surface area contributed by atoms with Crippen molar-refractivity contribution in [1.29, 1.82) is 0 Å². The van der Waals surface area contributed by atoms with Crippen LogP contribution in [0.5, 0.6) is 5.75 Å². The van der Waals surface area contributed by atoms with E-state index < -0.39 is 10.0 Å². The van der Waals surface area contributed by atoms with E-state index in [1.165, 1.54) is 0 Å². The lowest BCUT2D eigenvalue weighted by atomic mass is 9.79. The fourth-order valence-electron chi connectivity index (χ4n) is 5.02. The highest BCUT2D eigenvalue weighted by atomic mass is 32.2. The first kappa shape index (κ1) is 23.4. The standard InChI is InChI=1S/C29H30N2O3S/c1-22(18-29(2)21-34-28-15-9-7-13-26(28)29)20-31(35(32,33)24-10-4-3-5-11-24)17-16-23-19-30-27-14-8-6-12-25(23)27/h3-15,19,30H,1,16-18,20-21H2,2H3. The van der Waals surface area contributed by atoms with Crippen molar-refractivity contribution in [3.8, 4) is 5.75 Å². The Hall–Kier alpha value is -3.35. The summed E-state index contributed by atoms with van der Waals surface area (Å²) in [5.41, 5.74) is 3.94. The normalized spacial score (nSPS) is 17.4. The summed E-state index contributed by atoms with van der Waals surface area (Å²) < 4.78 is 34.8. The Bertz CT molecular complexity index is 1460. The molecule has 1 aromatic heterocycles. The Morgan fingerprint density at radius 2 is 1.74 bits per heavy atom. The summed E-state index contributed by atoms with van der Waals surface area (Å²) in [5, 5.41) is 1.12. The van der Waals surface area contributed by atoms with Crippen molar-refractivity contribution in [2.24, 2.45) is 0 Å². The van der Waals surface area contributed by atoms with Gasteiger partial charge in [0.15, 0.2) is 0 Å². The molecule has 0 spiro atoms. The summed E-state index contributed by atoms with van der Waals surface area (Å²) in [7, 11) is -3.69. The number of aromatic amines is 1. The number of nitrogens with one attached hydrogen (secondary N) is 1. The molecule has 35 heavy (non-hydrogen) atoms. The molecule has 0 saturated carbocycles. The van der Waals surface area contributed by atoms with E-state index in [-0.39, 0.29) is 12.0 Å². The number of benzene rings is 3. The van der Waals surface area contributed by atoms with E-state index in [4.69, 9.17) is 4.74 Å². The van der Waals surface area contributed by atoms with Gasteiger partial charge in [-0.05, 0) is 42.7 Å². The smallest absolute Gasteiger partial charge is 0.243 e. The molecule has 4 aromatic rings. The minimum absolute atomic E-state index is 0.229. The highest BCUT2D eigenvalue weighted by Gasteiger charge is 2.37. The topological polar surface area (TPSA) is 62.4 Å². The molecule has 3 aromatic carbocycles. The van der Waals surface area contributed by atoms with Gasteiger partial charge in [0.1, 0.15) is 5.75 Å². The minimum Gasteiger partial charge on any atom is -0.492 e. The minimum atomic E-state index is -3.69. The van der Waals surface area contributed by atoms with Gasteiger partial charge in [-0.25, -0.2) is 8.42 Å². The van der Waals surface area contributed by atoms with Crippen LogP contribution in [0.4, 0.5) is 0 Å². The molecule has 0 radical (unpaired) electrons. The van der Waals surface area contributed by atoms with Gasteiger partial charge in [-0.3, -0.25) is 0 Å². The molecule has 0 fully saturated rings. The van der Waals surface area contributed by atoms with Gasteiger partial charge in [0.05, 0.1) is 11.5 Å². The number of aromatic nitrogens is 1. The van der Waals surface area contributed by atoms with E-state index in [1.807, 2.05) is 48.7 Å². The monoisotopic (exact) mass is 486 g/mol. The zero-order valence-corrected chi connectivity index (χ0v) is 20.7. The van der Waals surface area contributed by atoms with Crippen LogP contribution in [-0.4, -0.2) is 37.4 Å². The maximum Gasteiger partial charge on any atom is 0.243 e. The lowest BCUT2D eigenvalue weighted by molar-refractivity contribution is 0.274. The van der Waals surface area contributed by atoms with Crippen LogP contribution in [0.25, 0.3) is 10.9 Å². The molecule has 6 heteroatoms. The zero-order valence-electron chi connectivity index (χ0n) is 19.9. The van der Waals surface area contributed by atoms with E-state index in [0.29, 0.717) is 30.9 Å². The highest BCUT2D eigenvalue weighted by molar-refractivity contribution is 7.89. The number of hydrogen-bond donors (Lipinski definition) is 1. The van der Waals surface area contributed by atoms with E-state index >= 15 is 0 Å². The maximum absolute atomic E-state index is 13.7. The van der Waals surface area contributed by atoms with Crippen LogP contribution in [0.2, 0.25) is 0 Å². The predicted molar refractivity (Wildman–Crippen MR) is 140 cm³/mol. The van der Waals surface area contributed by atoms with E-state index in [2.05, 4.69) is 30.6 Å². The number of rotatable bonds is 9. The number of hydrogen-bond acceptors (Lipinski definition) is 3. The van der Waals surface area contributed by atoms with Crippen LogP contribution < -0.4 is 4.74 Å². The summed E-state index contributed by atoms with van der Waals surface area (Å²) >= 11 is 0. The first-order valence-corrected chi connectivity index (χ1v) is 13.3. The second-order valence-corrected chi connectivity index (χ2v) is 11.5. The molecule has 1 atom stereocenters. The number of nitrogens with zero attached hydrogens (tertiary/aromatic N) is 1. The summed E-state index contributed by atoms with van der Waals surface area (Å²) in [6.07, 6.45) is 3.23. The molecule has 0 saturated heterocycles. The zero-order chi connectivity index (χ0) is 24.5. The molecular weight excluding hydrogens is 456 g/mol. The van der Waals surface area contributed by atoms with Gasteiger partial charge in [0, 0.05) is 41.2 Å². The first-order valence-electron chi connectivity index (χ1n) is 11.9. The number of para-hydroxylation sites is 2. The van der Waals surface area contributed by atoms with E-state index in [9.17, 15) is 8.42 Å². The molecular formula is C29H30N2O3S. The molecule has 1 aliphatic heterocycles. The maximum atomic E-state index is 13.7. The van der Waals surface area contributed by atoms with Crippen LogP contribution in [0.1, 0.15) is 24.5 Å². The highest BCUT2D eigenvalue weighted by Crippen LogP contribution is 2.42. The van der Waals surface area contributed by atoms with Gasteiger partial charge in [0.2, 0.25) is 10.0 Å². The van der Waals surface area contributed by atoms with Crippen LogP contribution in [0.15, 0.2) is 102 Å². The third-order valence-corrected chi connectivity index (χ3v) is 8.67. The third kappa shape index (κ3) is 4.64. The van der Waals surface area contributed by atoms with Gasteiger partial charge < -0.3 is 9.72 Å². The Morgan fingerprint density at radius 3 is 2.57 bits per heavy atom. The van der Waals surface area contributed by atoms with Gasteiger partial charge in [-0.2, -0.15) is 4.31 Å². The van der Waals surface area contributed by atoms with Crippen molar-refractivity contribution in [3.05, 3.63) is 108 Å². The second kappa shape index (κ2) is 9.36. The molecule has 0 bridgehead atoms. The van der Waals surface area contributed by atoms with Gasteiger partial charge in [0.25, 0.3) is 0 Å². The summed E-state index contributed by atoms with van der Waals surface area (Å²) in [5.74, 6) is 0.899. The van der Waals surface area contributed by atoms with Crippen molar-refractivity contribution in [3.63, 3.8) is 0 Å². The first-order chi connectivity index (χ1) is 16.9. The van der Waals surface area contributed by atoms with Crippen LogP contribution >= 0.6 is 0 Å². The number of H-pyrrole nitrogens is 1. The molecule has 1 N–H and O–H groups in total. The summed E-state index contributed by atoms with van der Waals surface area (Å²) in [6.45, 7) is 7.65. The predicted octanol–water partition coefficient (Wildman–Crippen LogP) is 5.70. The Morgan fingerprint density at radius 1 is 1.03 bits per heavy atom. The van der Waals surface area contributed by atoms with Gasteiger partial charge >= 0.3 is 0 Å². The Balaban J connectivity index is 1.38. The van der Waals surface area contributed by atoms with Crippen molar-refractivity contribution in [2.75, 3.05) is 19.7 Å². The Labute approximate surface area is 207 Å². The van der Waals surface area contributed by atoms with Crippen LogP contribution in [0, 0.1) is 0 Å². The lowest BCUT2D eigenvalue weighted by Gasteiger charge is -2.28. The van der Waals surface area contributed by atoms with Crippen molar-refractivity contribution in [1.82, 2.24) is 9.29 Å². The molecule has 0 amide bonds. The van der Waals surface area contributed by atoms with Crippen molar-refractivity contribution >= 4 is 20.9 Å². The number of sulfonamides is 1. The van der Waals surface area contributed by atoms with Gasteiger partial charge in [-0.15, -0.1) is 0 Å². The fraction of sp³-hybridized carbons (Fsp3) is 0.241. The van der Waals surface area contributed by atoms with E-state index in [1.54, 1.807) is 28.6 Å². The average molecular weight is 487 g/mol. The number of ether oxygens (including phenoxy) is 1. The third-order valence-electron chi connectivity index (χ3n) is 6.81. The number of fused-ring (bicyclic) bond motifs is 2. The molecule has 1 unspecified atom stereocenters. The van der Waals surface area contributed by atoms with Crippen LogP contribution in [-0.2, 0) is 21.9 Å². The fourth-order valence-corrected chi connectivity index (χ4v) is 6.50. The molecule has 2 heterocycles. The van der Waals surface area contributed by atoms with Crippen LogP contribution in [0.3, 0.4) is 0 Å². The second-order valence-electron chi connectivity index (χ2n) is 9.53. The summed E-state index contributed by atoms with van der Waals surface area (Å²) in [4.78, 5) is 3.58. The van der Waals surface area contributed by atoms with E-state index in [0.717, 1.165) is 33.4 Å². The molecule has 0 aliphatic carbocycles. The average Bonchev–Trinajstić information content (AvgIpc) is 3.43. The lowest BCUT2D eigenvalue weighted by Crippen LogP contribution is -2.36.